The number of benzene rings is 2. The van der Waals surface area contributed by atoms with Crippen LogP contribution in [0.2, 0.25) is 0 Å². The van der Waals surface area contributed by atoms with Crippen molar-refractivity contribution in [2.24, 2.45) is 0 Å². The van der Waals surface area contributed by atoms with Crippen molar-refractivity contribution in [3.63, 3.8) is 0 Å². The van der Waals surface area contributed by atoms with E-state index in [0.717, 1.165) is 55.5 Å². The van der Waals surface area contributed by atoms with Crippen LogP contribution in [0.15, 0.2) is 48.5 Å². The zero-order chi connectivity index (χ0) is 21.5. The summed E-state index contributed by atoms with van der Waals surface area (Å²) < 4.78 is 22.4. The summed E-state index contributed by atoms with van der Waals surface area (Å²) in [5.74, 6) is 1.44. The number of methoxy groups -OCH3 is 1. The van der Waals surface area contributed by atoms with Crippen LogP contribution in [0.1, 0.15) is 17.2 Å². The molecule has 2 aliphatic rings. The minimum absolute atomic E-state index is 0.0446. The van der Waals surface area contributed by atoms with E-state index in [1.54, 1.807) is 7.11 Å². The van der Waals surface area contributed by atoms with Crippen molar-refractivity contribution in [1.29, 1.82) is 0 Å². The highest BCUT2D eigenvalue weighted by Crippen LogP contribution is 2.31. The number of ether oxygens (including phenoxy) is 4. The quantitative estimate of drug-likeness (QED) is 0.647. The third-order valence-electron chi connectivity index (χ3n) is 5.64. The average molecular weight is 427 g/mol. The van der Waals surface area contributed by atoms with Crippen LogP contribution in [0.3, 0.4) is 0 Å². The molecule has 0 aromatic heterocycles. The predicted molar refractivity (Wildman–Crippen MR) is 116 cm³/mol. The molecule has 2 aromatic carbocycles. The second kappa shape index (κ2) is 10.6. The third-order valence-corrected chi connectivity index (χ3v) is 5.64. The minimum atomic E-state index is -0.636. The van der Waals surface area contributed by atoms with E-state index in [9.17, 15) is 4.79 Å². The van der Waals surface area contributed by atoms with Gasteiger partial charge in [-0.25, -0.2) is 0 Å². The van der Waals surface area contributed by atoms with Crippen molar-refractivity contribution in [2.45, 2.75) is 12.6 Å². The fourth-order valence-electron chi connectivity index (χ4n) is 3.93. The van der Waals surface area contributed by atoms with Crippen LogP contribution < -0.4 is 9.47 Å². The van der Waals surface area contributed by atoms with Gasteiger partial charge in [-0.1, -0.05) is 36.4 Å². The number of fused-ring (bicyclic) bond motifs is 1. The van der Waals surface area contributed by atoms with Crippen LogP contribution >= 0.6 is 0 Å². The lowest BCUT2D eigenvalue weighted by Crippen LogP contribution is -2.44. The number of nitrogens with zero attached hydrogens (tertiary/aromatic N) is 2. The van der Waals surface area contributed by atoms with Crippen molar-refractivity contribution in [3.05, 3.63) is 59.7 Å². The van der Waals surface area contributed by atoms with Crippen molar-refractivity contribution >= 4 is 5.91 Å². The Hall–Kier alpha value is -2.61. The number of carbonyl (C=O) groups is 1. The van der Waals surface area contributed by atoms with Crippen LogP contribution in [-0.4, -0.2) is 75.4 Å². The Morgan fingerprint density at radius 1 is 1.03 bits per heavy atom. The molecule has 2 heterocycles. The predicted octanol–water partition coefficient (Wildman–Crippen LogP) is 2.51. The molecule has 0 radical (unpaired) electrons. The Morgan fingerprint density at radius 2 is 1.77 bits per heavy atom. The molecular weight excluding hydrogens is 396 g/mol. The van der Waals surface area contributed by atoms with Crippen LogP contribution in [0.5, 0.6) is 11.5 Å². The van der Waals surface area contributed by atoms with Crippen molar-refractivity contribution in [1.82, 2.24) is 9.80 Å². The first-order chi connectivity index (χ1) is 15.2. The standard InChI is InChI=1S/C24H30N2O5/c1-28-23(20-5-3-2-4-6-20)24(27)26(10-9-25-11-13-29-14-12-25)18-19-7-8-21-22(17-19)31-16-15-30-21/h2-8,17,23H,9-16,18H2,1H3/t23-/m0/s1. The second-order valence-corrected chi connectivity index (χ2v) is 7.72. The molecule has 2 aliphatic heterocycles. The Labute approximate surface area is 183 Å². The van der Waals surface area contributed by atoms with Gasteiger partial charge >= 0.3 is 0 Å². The van der Waals surface area contributed by atoms with Gasteiger partial charge in [0.05, 0.1) is 13.2 Å². The van der Waals surface area contributed by atoms with E-state index in [2.05, 4.69) is 4.90 Å². The SMILES string of the molecule is CO[C@H](C(=O)N(CCN1CCOCC1)Cc1ccc2c(c1)OCCO2)c1ccccc1. The highest BCUT2D eigenvalue weighted by molar-refractivity contribution is 5.82. The van der Waals surface area contributed by atoms with E-state index >= 15 is 0 Å². The van der Waals surface area contributed by atoms with Gasteiger partial charge in [-0.2, -0.15) is 0 Å². The smallest absolute Gasteiger partial charge is 0.256 e. The lowest BCUT2D eigenvalue weighted by atomic mass is 10.1. The zero-order valence-electron chi connectivity index (χ0n) is 18.0. The fourth-order valence-corrected chi connectivity index (χ4v) is 3.93. The molecule has 1 fully saturated rings. The molecule has 0 aliphatic carbocycles. The maximum Gasteiger partial charge on any atom is 0.256 e. The molecule has 0 spiro atoms. The summed E-state index contributed by atoms with van der Waals surface area (Å²) in [6, 6.07) is 15.5. The molecule has 0 saturated carbocycles. The van der Waals surface area contributed by atoms with Gasteiger partial charge in [0.1, 0.15) is 13.2 Å². The lowest BCUT2D eigenvalue weighted by molar-refractivity contribution is -0.143. The van der Waals surface area contributed by atoms with Gasteiger partial charge < -0.3 is 23.8 Å². The third kappa shape index (κ3) is 5.55. The topological polar surface area (TPSA) is 60.5 Å². The molecule has 166 valence electrons. The maximum atomic E-state index is 13.5. The summed E-state index contributed by atoms with van der Waals surface area (Å²) in [7, 11) is 1.58. The van der Waals surface area contributed by atoms with E-state index in [0.29, 0.717) is 26.3 Å². The Bertz CT molecular complexity index is 854. The van der Waals surface area contributed by atoms with Crippen molar-refractivity contribution in [3.8, 4) is 11.5 Å². The van der Waals surface area contributed by atoms with E-state index in [1.165, 1.54) is 0 Å². The van der Waals surface area contributed by atoms with Gasteiger partial charge in [-0.15, -0.1) is 0 Å². The fraction of sp³-hybridized carbons (Fsp3) is 0.458. The summed E-state index contributed by atoms with van der Waals surface area (Å²) >= 11 is 0. The molecule has 0 bridgehead atoms. The van der Waals surface area contributed by atoms with E-state index in [-0.39, 0.29) is 5.91 Å². The molecule has 7 nitrogen and oxygen atoms in total. The van der Waals surface area contributed by atoms with Crippen LogP contribution in [0, 0.1) is 0 Å². The molecule has 31 heavy (non-hydrogen) atoms. The van der Waals surface area contributed by atoms with Crippen molar-refractivity contribution in [2.75, 3.05) is 59.7 Å². The first-order valence-electron chi connectivity index (χ1n) is 10.8. The van der Waals surface area contributed by atoms with Gasteiger partial charge in [0.15, 0.2) is 17.6 Å². The number of hydrogen-bond acceptors (Lipinski definition) is 6. The van der Waals surface area contributed by atoms with Crippen molar-refractivity contribution < 1.29 is 23.7 Å². The monoisotopic (exact) mass is 426 g/mol. The lowest BCUT2D eigenvalue weighted by Gasteiger charge is -2.32. The normalized spacial score (nSPS) is 17.2. The first kappa shape index (κ1) is 21.6. The Kier molecular flexibility index (Phi) is 7.40. The number of amides is 1. The summed E-state index contributed by atoms with van der Waals surface area (Å²) in [6.07, 6.45) is -0.636. The Morgan fingerprint density at radius 3 is 2.52 bits per heavy atom. The molecule has 4 rings (SSSR count). The zero-order valence-corrected chi connectivity index (χ0v) is 18.0. The number of hydrogen-bond donors (Lipinski definition) is 0. The number of morpholine rings is 1. The highest BCUT2D eigenvalue weighted by atomic mass is 16.6. The molecule has 1 amide bonds. The molecule has 2 aromatic rings. The highest BCUT2D eigenvalue weighted by Gasteiger charge is 2.27. The second-order valence-electron chi connectivity index (χ2n) is 7.72. The summed E-state index contributed by atoms with van der Waals surface area (Å²) in [6.45, 7) is 6.23. The largest absolute Gasteiger partial charge is 0.486 e. The molecule has 7 heteroatoms. The van der Waals surface area contributed by atoms with Crippen LogP contribution in [-0.2, 0) is 20.8 Å². The number of carbonyl (C=O) groups excluding carboxylic acids is 1. The van der Waals surface area contributed by atoms with Gasteiger partial charge in [0.2, 0.25) is 0 Å². The van der Waals surface area contributed by atoms with Crippen LogP contribution in [0.25, 0.3) is 0 Å². The van der Waals surface area contributed by atoms with Crippen LogP contribution in [0.4, 0.5) is 0 Å². The summed E-state index contributed by atoms with van der Waals surface area (Å²) in [4.78, 5) is 17.8. The van der Waals surface area contributed by atoms with Gasteiger partial charge in [-0.05, 0) is 23.3 Å². The maximum absolute atomic E-state index is 13.5. The summed E-state index contributed by atoms with van der Waals surface area (Å²) in [5, 5.41) is 0. The van der Waals surface area contributed by atoms with E-state index in [4.69, 9.17) is 18.9 Å². The molecule has 0 unspecified atom stereocenters. The Balaban J connectivity index is 1.52. The molecular formula is C24H30N2O5. The summed E-state index contributed by atoms with van der Waals surface area (Å²) in [5.41, 5.74) is 1.86. The van der Waals surface area contributed by atoms with Gasteiger partial charge in [0, 0.05) is 39.8 Å². The molecule has 0 N–H and O–H groups in total. The average Bonchev–Trinajstić information content (AvgIpc) is 2.83. The number of rotatable bonds is 8. The van der Waals surface area contributed by atoms with E-state index < -0.39 is 6.10 Å². The van der Waals surface area contributed by atoms with E-state index in [1.807, 2.05) is 53.4 Å². The minimum Gasteiger partial charge on any atom is -0.486 e. The van der Waals surface area contributed by atoms with Gasteiger partial charge in [-0.3, -0.25) is 9.69 Å². The first-order valence-corrected chi connectivity index (χ1v) is 10.8. The van der Waals surface area contributed by atoms with Gasteiger partial charge in [0.25, 0.3) is 5.91 Å². The molecule has 1 atom stereocenters. The molecule has 1 saturated heterocycles.